The largest absolute Gasteiger partial charge is 0.478 e. The highest BCUT2D eigenvalue weighted by molar-refractivity contribution is 7.19. The van der Waals surface area contributed by atoms with E-state index in [9.17, 15) is 9.90 Å². The summed E-state index contributed by atoms with van der Waals surface area (Å²) in [5.41, 5.74) is 13.0. The Morgan fingerprint density at radius 2 is 1.68 bits per heavy atom. The average Bonchev–Trinajstić information content (AvgIpc) is 3.58. The lowest BCUT2D eigenvalue weighted by atomic mass is 9.94. The van der Waals surface area contributed by atoms with Gasteiger partial charge in [0.05, 0.1) is 38.4 Å². The third-order valence-corrected chi connectivity index (χ3v) is 9.10. The summed E-state index contributed by atoms with van der Waals surface area (Å²) in [5.74, 6) is -0.0593. The standard InChI is InChI=1S/C33H28N4O2S/c34-25-19-30(20-7-3-1-4-8-20)40-31(25)27-15-11-21-17-22(12-14-26(21)35-27)32-36-28-18-23(33(38)39)13-16-29(28)37(32)24-9-5-2-6-10-24/h1,3-4,7-8,11-19,24H,2,5-6,9-10,34H2,(H,38,39). The first-order chi connectivity index (χ1) is 19.5. The molecular formula is C33H28N4O2S. The second-order valence-corrected chi connectivity index (χ2v) is 11.5. The number of benzene rings is 3. The van der Waals surface area contributed by atoms with E-state index in [2.05, 4.69) is 34.9 Å². The van der Waals surface area contributed by atoms with Gasteiger partial charge in [0.2, 0.25) is 0 Å². The van der Waals surface area contributed by atoms with Gasteiger partial charge in [0.15, 0.2) is 0 Å². The first-order valence-electron chi connectivity index (χ1n) is 13.7. The van der Waals surface area contributed by atoms with E-state index >= 15 is 0 Å². The van der Waals surface area contributed by atoms with Gasteiger partial charge in [-0.1, -0.05) is 55.7 Å². The van der Waals surface area contributed by atoms with Gasteiger partial charge < -0.3 is 15.4 Å². The zero-order valence-corrected chi connectivity index (χ0v) is 22.7. The monoisotopic (exact) mass is 544 g/mol. The maximum atomic E-state index is 11.6. The van der Waals surface area contributed by atoms with E-state index in [1.807, 2.05) is 42.5 Å². The number of nitrogen functional groups attached to an aromatic ring is 1. The van der Waals surface area contributed by atoms with Crippen LogP contribution in [0.2, 0.25) is 0 Å². The van der Waals surface area contributed by atoms with Gasteiger partial charge in [-0.15, -0.1) is 11.3 Å². The number of carboxylic acids is 1. The lowest BCUT2D eigenvalue weighted by Gasteiger charge is -2.25. The molecule has 0 saturated heterocycles. The third kappa shape index (κ3) is 4.32. The summed E-state index contributed by atoms with van der Waals surface area (Å²) < 4.78 is 2.33. The highest BCUT2D eigenvalue weighted by Gasteiger charge is 2.23. The first-order valence-corrected chi connectivity index (χ1v) is 14.5. The fourth-order valence-electron chi connectivity index (χ4n) is 5.89. The molecule has 6 aromatic rings. The number of hydrogen-bond acceptors (Lipinski definition) is 5. The molecule has 0 unspecified atom stereocenters. The molecule has 0 radical (unpaired) electrons. The summed E-state index contributed by atoms with van der Waals surface area (Å²) >= 11 is 1.65. The number of hydrogen-bond donors (Lipinski definition) is 2. The van der Waals surface area contributed by atoms with Crippen molar-refractivity contribution in [3.8, 4) is 32.4 Å². The molecule has 7 rings (SSSR count). The second kappa shape index (κ2) is 9.92. The molecule has 0 aliphatic heterocycles. The lowest BCUT2D eigenvalue weighted by Crippen LogP contribution is -2.14. The van der Waals surface area contributed by atoms with Gasteiger partial charge in [0, 0.05) is 21.9 Å². The molecule has 0 spiro atoms. The minimum absolute atomic E-state index is 0.255. The van der Waals surface area contributed by atoms with Crippen LogP contribution in [0, 0.1) is 0 Å². The Balaban J connectivity index is 1.30. The predicted molar refractivity (Wildman–Crippen MR) is 163 cm³/mol. The van der Waals surface area contributed by atoms with Gasteiger partial charge in [-0.25, -0.2) is 14.8 Å². The maximum absolute atomic E-state index is 11.6. The number of thiophene rings is 1. The predicted octanol–water partition coefficient (Wildman–Crippen LogP) is 8.43. The Morgan fingerprint density at radius 3 is 2.48 bits per heavy atom. The fourth-order valence-corrected chi connectivity index (χ4v) is 6.94. The zero-order chi connectivity index (χ0) is 27.2. The van der Waals surface area contributed by atoms with Crippen LogP contribution in [0.1, 0.15) is 48.5 Å². The number of fused-ring (bicyclic) bond motifs is 2. The summed E-state index contributed by atoms with van der Waals surface area (Å²) in [6.07, 6.45) is 5.85. The SMILES string of the molecule is Nc1cc(-c2ccccc2)sc1-c1ccc2cc(-c3nc4cc(C(=O)O)ccc4n3C3CCCCC3)ccc2n1. The van der Waals surface area contributed by atoms with Crippen LogP contribution in [-0.2, 0) is 0 Å². The van der Waals surface area contributed by atoms with Crippen LogP contribution in [-0.4, -0.2) is 25.6 Å². The normalized spacial score (nSPS) is 14.2. The highest BCUT2D eigenvalue weighted by Crippen LogP contribution is 2.40. The molecule has 1 aliphatic rings. The van der Waals surface area contributed by atoms with Crippen molar-refractivity contribution in [1.29, 1.82) is 0 Å². The molecule has 0 amide bonds. The zero-order valence-electron chi connectivity index (χ0n) is 21.9. The van der Waals surface area contributed by atoms with Gasteiger partial charge in [-0.05, 0) is 66.9 Å². The molecule has 198 valence electrons. The minimum Gasteiger partial charge on any atom is -0.478 e. The van der Waals surface area contributed by atoms with Crippen LogP contribution < -0.4 is 5.73 Å². The van der Waals surface area contributed by atoms with E-state index in [1.165, 1.54) is 19.3 Å². The molecule has 3 aromatic heterocycles. The van der Waals surface area contributed by atoms with Crippen LogP contribution in [0.3, 0.4) is 0 Å². The van der Waals surface area contributed by atoms with Crippen molar-refractivity contribution < 1.29 is 9.90 Å². The van der Waals surface area contributed by atoms with Crippen molar-refractivity contribution >= 4 is 44.9 Å². The molecule has 1 fully saturated rings. The van der Waals surface area contributed by atoms with Gasteiger partial charge >= 0.3 is 5.97 Å². The molecule has 1 aliphatic carbocycles. The van der Waals surface area contributed by atoms with Crippen LogP contribution in [0.4, 0.5) is 5.69 Å². The van der Waals surface area contributed by atoms with E-state index in [1.54, 1.807) is 23.5 Å². The first kappa shape index (κ1) is 24.5. The van der Waals surface area contributed by atoms with E-state index in [4.69, 9.17) is 15.7 Å². The quantitative estimate of drug-likeness (QED) is 0.227. The van der Waals surface area contributed by atoms with Gasteiger partial charge in [0.25, 0.3) is 0 Å². The highest BCUT2D eigenvalue weighted by atomic mass is 32.1. The number of nitrogens with zero attached hydrogens (tertiary/aromatic N) is 3. The van der Waals surface area contributed by atoms with Gasteiger partial charge in [-0.3, -0.25) is 0 Å². The molecular weight excluding hydrogens is 516 g/mol. The van der Waals surface area contributed by atoms with E-state index in [0.29, 0.717) is 6.04 Å². The summed E-state index contributed by atoms with van der Waals surface area (Å²) in [4.78, 5) is 23.7. The van der Waals surface area contributed by atoms with Crippen molar-refractivity contribution in [3.63, 3.8) is 0 Å². The molecule has 0 bridgehead atoms. The minimum atomic E-state index is -0.939. The average molecular weight is 545 g/mol. The molecule has 3 aromatic carbocycles. The number of pyridine rings is 1. The number of aromatic nitrogens is 3. The third-order valence-electron chi connectivity index (χ3n) is 7.88. The van der Waals surface area contributed by atoms with Crippen molar-refractivity contribution in [2.75, 3.05) is 5.73 Å². The topological polar surface area (TPSA) is 94.0 Å². The van der Waals surface area contributed by atoms with Crippen molar-refractivity contribution in [3.05, 3.63) is 90.5 Å². The molecule has 40 heavy (non-hydrogen) atoms. The van der Waals surface area contributed by atoms with Crippen LogP contribution in [0.15, 0.2) is 84.9 Å². The Labute approximate surface area is 235 Å². The molecule has 7 heteroatoms. The van der Waals surface area contributed by atoms with E-state index in [0.717, 1.165) is 72.9 Å². The van der Waals surface area contributed by atoms with Gasteiger partial charge in [-0.2, -0.15) is 0 Å². The summed E-state index contributed by atoms with van der Waals surface area (Å²) in [7, 11) is 0. The Hall–Kier alpha value is -4.49. The molecule has 1 saturated carbocycles. The van der Waals surface area contributed by atoms with Crippen molar-refractivity contribution in [2.45, 2.75) is 38.1 Å². The molecule has 0 atom stereocenters. The fraction of sp³-hybridized carbons (Fsp3) is 0.182. The summed E-state index contributed by atoms with van der Waals surface area (Å²) in [5, 5.41) is 10.6. The number of nitrogens with two attached hydrogens (primary N) is 1. The summed E-state index contributed by atoms with van der Waals surface area (Å²) in [6, 6.07) is 28.3. The van der Waals surface area contributed by atoms with Crippen LogP contribution in [0.5, 0.6) is 0 Å². The Bertz CT molecular complexity index is 1880. The second-order valence-electron chi connectivity index (χ2n) is 10.5. The van der Waals surface area contributed by atoms with Crippen LogP contribution in [0.25, 0.3) is 54.3 Å². The van der Waals surface area contributed by atoms with Crippen molar-refractivity contribution in [2.24, 2.45) is 0 Å². The Morgan fingerprint density at radius 1 is 0.850 bits per heavy atom. The van der Waals surface area contributed by atoms with Gasteiger partial charge in [0.1, 0.15) is 5.82 Å². The molecule has 3 N–H and O–H groups in total. The smallest absolute Gasteiger partial charge is 0.335 e. The number of carboxylic acid groups (broad SMARTS) is 1. The number of carbonyl (C=O) groups is 1. The maximum Gasteiger partial charge on any atom is 0.335 e. The molecule has 6 nitrogen and oxygen atoms in total. The number of aromatic carboxylic acids is 1. The van der Waals surface area contributed by atoms with Crippen LogP contribution >= 0.6 is 11.3 Å². The number of imidazole rings is 1. The number of anilines is 1. The van der Waals surface area contributed by atoms with E-state index in [-0.39, 0.29) is 5.56 Å². The molecule has 3 heterocycles. The summed E-state index contributed by atoms with van der Waals surface area (Å²) in [6.45, 7) is 0. The Kier molecular flexibility index (Phi) is 6.09. The lowest BCUT2D eigenvalue weighted by molar-refractivity contribution is 0.0697. The van der Waals surface area contributed by atoms with Crippen molar-refractivity contribution in [1.82, 2.24) is 14.5 Å². The van der Waals surface area contributed by atoms with E-state index < -0.39 is 5.97 Å². The number of rotatable bonds is 5.